The monoisotopic (exact) mass is 477 g/mol. The molecule has 1 aliphatic carbocycles. The van der Waals surface area contributed by atoms with Crippen LogP contribution in [0.15, 0.2) is 57.0 Å². The van der Waals surface area contributed by atoms with E-state index in [4.69, 9.17) is 9.40 Å². The molecule has 33 heavy (non-hydrogen) atoms. The number of nitrogens with zero attached hydrogens (tertiary/aromatic N) is 3. The molecule has 2 amide bonds. The summed E-state index contributed by atoms with van der Waals surface area (Å²) in [5, 5.41) is 1.30. The van der Waals surface area contributed by atoms with Crippen molar-refractivity contribution in [3.05, 3.63) is 80.3 Å². The van der Waals surface area contributed by atoms with Gasteiger partial charge in [-0.1, -0.05) is 23.9 Å². The molecule has 0 N–H and O–H groups in total. The van der Waals surface area contributed by atoms with Crippen molar-refractivity contribution >= 4 is 45.1 Å². The van der Waals surface area contributed by atoms with E-state index in [-0.39, 0.29) is 30.5 Å². The van der Waals surface area contributed by atoms with E-state index in [1.54, 1.807) is 52.5 Å². The summed E-state index contributed by atoms with van der Waals surface area (Å²) in [6.45, 7) is 0.529. The Morgan fingerprint density at radius 1 is 1.03 bits per heavy atom. The molecule has 1 aliphatic heterocycles. The highest BCUT2D eigenvalue weighted by molar-refractivity contribution is 7.99. The predicted molar refractivity (Wildman–Crippen MR) is 126 cm³/mol. The van der Waals surface area contributed by atoms with Gasteiger partial charge in [0.1, 0.15) is 10.6 Å². The number of furan rings is 1. The summed E-state index contributed by atoms with van der Waals surface area (Å²) in [6.07, 6.45) is 4.57. The number of hydrogen-bond donors (Lipinski definition) is 0. The molecular formula is C24H19N3O4S2. The summed E-state index contributed by atoms with van der Waals surface area (Å²) < 4.78 is 7.14. The summed E-state index contributed by atoms with van der Waals surface area (Å²) in [5.41, 5.74) is 1.96. The standard InChI is InChI=1S/C24H19N3O4S2/c28-21-15-6-1-2-7-16(15)22(29)26(21)10-12-32-24-25-20-19(17-8-3-9-18(17)33-20)23(30)27(24)13-14-5-4-11-31-14/h1-2,4-7,11H,3,8-10,12-13H2. The molecular weight excluding hydrogens is 458 g/mol. The minimum absolute atomic E-state index is 0.0565. The average molecular weight is 478 g/mol. The van der Waals surface area contributed by atoms with Crippen LogP contribution >= 0.6 is 23.1 Å². The molecule has 0 atom stereocenters. The maximum Gasteiger partial charge on any atom is 0.263 e. The third-order valence-corrected chi connectivity index (χ3v) is 8.25. The Labute approximate surface area is 197 Å². The van der Waals surface area contributed by atoms with Gasteiger partial charge in [0, 0.05) is 17.2 Å². The van der Waals surface area contributed by atoms with Crippen LogP contribution in [-0.4, -0.2) is 38.6 Å². The van der Waals surface area contributed by atoms with Crippen molar-refractivity contribution in [2.75, 3.05) is 12.3 Å². The van der Waals surface area contributed by atoms with E-state index in [1.807, 2.05) is 6.07 Å². The van der Waals surface area contributed by atoms with Gasteiger partial charge in [0.2, 0.25) is 0 Å². The van der Waals surface area contributed by atoms with Gasteiger partial charge in [-0.15, -0.1) is 11.3 Å². The maximum absolute atomic E-state index is 13.5. The van der Waals surface area contributed by atoms with Crippen molar-refractivity contribution in [3.8, 4) is 0 Å². The molecule has 6 rings (SSSR count). The lowest BCUT2D eigenvalue weighted by Gasteiger charge is -2.15. The fraction of sp³-hybridized carbons (Fsp3) is 0.250. The molecule has 0 unspecified atom stereocenters. The summed E-state index contributed by atoms with van der Waals surface area (Å²) >= 11 is 2.98. The van der Waals surface area contributed by atoms with Gasteiger partial charge in [-0.05, 0) is 49.1 Å². The van der Waals surface area contributed by atoms with Crippen LogP contribution in [0.3, 0.4) is 0 Å². The van der Waals surface area contributed by atoms with Gasteiger partial charge in [0.25, 0.3) is 17.4 Å². The second kappa shape index (κ2) is 8.00. The number of hydrogen-bond acceptors (Lipinski definition) is 7. The Balaban J connectivity index is 1.30. The van der Waals surface area contributed by atoms with E-state index < -0.39 is 0 Å². The van der Waals surface area contributed by atoms with Gasteiger partial charge < -0.3 is 4.42 Å². The van der Waals surface area contributed by atoms with Crippen LogP contribution in [0, 0.1) is 0 Å². The molecule has 4 heterocycles. The van der Waals surface area contributed by atoms with E-state index in [1.165, 1.54) is 21.5 Å². The molecule has 0 radical (unpaired) electrons. The molecule has 166 valence electrons. The summed E-state index contributed by atoms with van der Waals surface area (Å²) in [6, 6.07) is 10.5. The van der Waals surface area contributed by atoms with Crippen LogP contribution < -0.4 is 5.56 Å². The van der Waals surface area contributed by atoms with Crippen LogP contribution in [0.2, 0.25) is 0 Å². The van der Waals surface area contributed by atoms with E-state index in [0.29, 0.717) is 27.8 Å². The summed E-state index contributed by atoms with van der Waals surface area (Å²) in [5.74, 6) is 0.559. The average Bonchev–Trinajstić information content (AvgIpc) is 3.59. The van der Waals surface area contributed by atoms with Crippen LogP contribution in [0.25, 0.3) is 10.2 Å². The maximum atomic E-state index is 13.5. The van der Waals surface area contributed by atoms with Gasteiger partial charge in [0.05, 0.1) is 29.3 Å². The molecule has 0 saturated heterocycles. The minimum Gasteiger partial charge on any atom is -0.467 e. The highest BCUT2D eigenvalue weighted by Gasteiger charge is 2.34. The van der Waals surface area contributed by atoms with Gasteiger partial charge in [-0.2, -0.15) is 0 Å². The van der Waals surface area contributed by atoms with Gasteiger partial charge in [-0.25, -0.2) is 4.98 Å². The van der Waals surface area contributed by atoms with Crippen LogP contribution in [-0.2, 0) is 19.4 Å². The van der Waals surface area contributed by atoms with E-state index in [2.05, 4.69) is 0 Å². The molecule has 1 aromatic carbocycles. The smallest absolute Gasteiger partial charge is 0.263 e. The number of carbonyl (C=O) groups is 2. The fourth-order valence-corrected chi connectivity index (χ4v) is 6.76. The Morgan fingerprint density at radius 2 is 1.82 bits per heavy atom. The highest BCUT2D eigenvalue weighted by atomic mass is 32.2. The van der Waals surface area contributed by atoms with E-state index >= 15 is 0 Å². The summed E-state index contributed by atoms with van der Waals surface area (Å²) in [4.78, 5) is 47.0. The minimum atomic E-state index is -0.276. The number of aromatic nitrogens is 2. The van der Waals surface area contributed by atoms with Crippen LogP contribution in [0.4, 0.5) is 0 Å². The zero-order valence-electron chi connectivity index (χ0n) is 17.6. The molecule has 2 aliphatic rings. The van der Waals surface area contributed by atoms with E-state index in [0.717, 1.165) is 35.0 Å². The van der Waals surface area contributed by atoms with E-state index in [9.17, 15) is 14.4 Å². The Hall–Kier alpha value is -3.17. The third kappa shape index (κ3) is 3.34. The van der Waals surface area contributed by atoms with Gasteiger partial charge >= 0.3 is 0 Å². The van der Waals surface area contributed by atoms with Crippen LogP contribution in [0.5, 0.6) is 0 Å². The van der Waals surface area contributed by atoms with Gasteiger partial charge in [0.15, 0.2) is 5.16 Å². The largest absolute Gasteiger partial charge is 0.467 e. The number of imide groups is 1. The van der Waals surface area contributed by atoms with Crippen molar-refractivity contribution in [1.82, 2.24) is 14.5 Å². The second-order valence-corrected chi connectivity index (χ2v) is 10.2. The zero-order valence-corrected chi connectivity index (χ0v) is 19.2. The summed E-state index contributed by atoms with van der Waals surface area (Å²) in [7, 11) is 0. The first kappa shape index (κ1) is 20.4. The first-order valence-electron chi connectivity index (χ1n) is 10.8. The Bertz CT molecular complexity index is 1430. The molecule has 0 spiro atoms. The van der Waals surface area contributed by atoms with Crippen molar-refractivity contribution in [1.29, 1.82) is 0 Å². The molecule has 4 aromatic rings. The van der Waals surface area contributed by atoms with Crippen LogP contribution in [0.1, 0.15) is 43.3 Å². The molecule has 0 saturated carbocycles. The number of amides is 2. The van der Waals surface area contributed by atoms with Gasteiger partial charge in [-0.3, -0.25) is 23.9 Å². The normalized spacial score (nSPS) is 15.0. The highest BCUT2D eigenvalue weighted by Crippen LogP contribution is 2.36. The first-order valence-corrected chi connectivity index (χ1v) is 12.6. The molecule has 9 heteroatoms. The van der Waals surface area contributed by atoms with Crippen molar-refractivity contribution in [3.63, 3.8) is 0 Å². The Morgan fingerprint density at radius 3 is 2.55 bits per heavy atom. The number of thiophene rings is 1. The number of benzene rings is 1. The quantitative estimate of drug-likeness (QED) is 0.237. The number of fused-ring (bicyclic) bond motifs is 4. The first-order chi connectivity index (χ1) is 16.1. The SMILES string of the molecule is O=C1c2ccccc2C(=O)N1CCSc1nc2sc3c(c2c(=O)n1Cc1ccco1)CCC3. The van der Waals surface area contributed by atoms with Crippen molar-refractivity contribution < 1.29 is 14.0 Å². The molecule has 7 nitrogen and oxygen atoms in total. The molecule has 0 fully saturated rings. The lowest BCUT2D eigenvalue weighted by Crippen LogP contribution is -2.32. The lowest BCUT2D eigenvalue weighted by molar-refractivity contribution is 0.0664. The lowest BCUT2D eigenvalue weighted by atomic mass is 10.1. The van der Waals surface area contributed by atoms with Crippen molar-refractivity contribution in [2.45, 2.75) is 31.0 Å². The Kier molecular flexibility index (Phi) is 4.95. The topological polar surface area (TPSA) is 85.4 Å². The molecule has 0 bridgehead atoms. The number of rotatable bonds is 6. The number of thioether (sulfide) groups is 1. The fourth-order valence-electron chi connectivity index (χ4n) is 4.54. The third-order valence-electron chi connectivity index (χ3n) is 6.11. The zero-order chi connectivity index (χ0) is 22.5. The number of aryl methyl sites for hydroxylation is 2. The molecule has 3 aromatic heterocycles. The predicted octanol–water partition coefficient (Wildman–Crippen LogP) is 3.98. The van der Waals surface area contributed by atoms with Crippen molar-refractivity contribution in [2.24, 2.45) is 0 Å². The second-order valence-electron chi connectivity index (χ2n) is 8.06. The number of carbonyl (C=O) groups excluding carboxylic acids is 2.